The van der Waals surface area contributed by atoms with E-state index >= 15 is 0 Å². The predicted molar refractivity (Wildman–Crippen MR) is 202 cm³/mol. The van der Waals surface area contributed by atoms with Gasteiger partial charge in [-0.15, -0.1) is 0 Å². The van der Waals surface area contributed by atoms with E-state index in [1.54, 1.807) is 0 Å². The number of aliphatic hydroxyl groups is 2. The molecule has 0 aromatic carbocycles. The van der Waals surface area contributed by atoms with Gasteiger partial charge in [0, 0.05) is 25.3 Å². The first-order chi connectivity index (χ1) is 22.3. The van der Waals surface area contributed by atoms with Crippen LogP contribution in [0.3, 0.4) is 0 Å². The molecule has 0 aromatic rings. The second-order valence-electron chi connectivity index (χ2n) is 14.0. The standard InChI is InChI=1S/C42H83NO2/c1-3-5-7-9-11-13-15-17-19-21-23-25-27-29-31-35-41(37-33-39-44)43-42(38-34-40-45)36-32-30-28-26-24-22-20-18-16-14-12-10-8-6-4-2/h17-20,41-45H,3-16,21-40H2,1-2H3/b19-17-,20-18-. The lowest BCUT2D eigenvalue weighted by Crippen LogP contribution is -2.38. The van der Waals surface area contributed by atoms with Crippen molar-refractivity contribution in [2.45, 2.75) is 231 Å². The Morgan fingerprint density at radius 2 is 0.622 bits per heavy atom. The molecule has 0 spiro atoms. The van der Waals surface area contributed by atoms with Crippen LogP contribution in [0.1, 0.15) is 219 Å². The summed E-state index contributed by atoms with van der Waals surface area (Å²) in [6, 6.07) is 1.02. The second kappa shape index (κ2) is 39.5. The summed E-state index contributed by atoms with van der Waals surface area (Å²) in [5.41, 5.74) is 0. The molecule has 3 heteroatoms. The lowest BCUT2D eigenvalue weighted by atomic mass is 9.97. The van der Waals surface area contributed by atoms with E-state index in [-0.39, 0.29) is 0 Å². The van der Waals surface area contributed by atoms with Crippen molar-refractivity contribution in [3.05, 3.63) is 24.3 Å². The minimum atomic E-state index is 0.292. The van der Waals surface area contributed by atoms with E-state index in [4.69, 9.17) is 0 Å². The molecule has 3 nitrogen and oxygen atoms in total. The normalized spacial score (nSPS) is 13.4. The van der Waals surface area contributed by atoms with Gasteiger partial charge in [-0.1, -0.05) is 154 Å². The molecule has 2 atom stereocenters. The molecule has 0 saturated carbocycles. The third kappa shape index (κ3) is 36.0. The fourth-order valence-corrected chi connectivity index (χ4v) is 6.55. The molecular formula is C42H83NO2. The summed E-state index contributed by atoms with van der Waals surface area (Å²) in [6.45, 7) is 5.16. The molecule has 45 heavy (non-hydrogen) atoms. The number of hydrogen-bond donors (Lipinski definition) is 3. The molecule has 2 unspecified atom stereocenters. The Balaban J connectivity index is 4.00. The summed E-state index contributed by atoms with van der Waals surface area (Å²) in [4.78, 5) is 0. The summed E-state index contributed by atoms with van der Waals surface area (Å²) >= 11 is 0. The minimum absolute atomic E-state index is 0.292. The van der Waals surface area contributed by atoms with E-state index in [0.29, 0.717) is 25.3 Å². The summed E-state index contributed by atoms with van der Waals surface area (Å²) in [5.74, 6) is 0. The zero-order chi connectivity index (χ0) is 32.7. The van der Waals surface area contributed by atoms with Crippen LogP contribution in [0.4, 0.5) is 0 Å². The fourth-order valence-electron chi connectivity index (χ4n) is 6.55. The molecule has 0 saturated heterocycles. The Morgan fingerprint density at radius 1 is 0.356 bits per heavy atom. The van der Waals surface area contributed by atoms with Crippen LogP contribution in [0.25, 0.3) is 0 Å². The van der Waals surface area contributed by atoms with Crippen molar-refractivity contribution < 1.29 is 10.2 Å². The van der Waals surface area contributed by atoms with Crippen molar-refractivity contribution in [3.8, 4) is 0 Å². The molecule has 0 bridgehead atoms. The van der Waals surface area contributed by atoms with Gasteiger partial charge in [-0.3, -0.25) is 0 Å². The fraction of sp³-hybridized carbons (Fsp3) is 0.905. The van der Waals surface area contributed by atoms with E-state index in [9.17, 15) is 10.2 Å². The van der Waals surface area contributed by atoms with Crippen molar-refractivity contribution >= 4 is 0 Å². The van der Waals surface area contributed by atoms with Crippen LogP contribution in [0.15, 0.2) is 24.3 Å². The van der Waals surface area contributed by atoms with Gasteiger partial charge >= 0.3 is 0 Å². The van der Waals surface area contributed by atoms with Crippen LogP contribution in [-0.2, 0) is 0 Å². The molecule has 0 radical (unpaired) electrons. The quantitative estimate of drug-likeness (QED) is 0.0468. The van der Waals surface area contributed by atoms with Crippen molar-refractivity contribution in [2.75, 3.05) is 13.2 Å². The maximum absolute atomic E-state index is 9.48. The minimum Gasteiger partial charge on any atom is -0.396 e. The zero-order valence-electron chi connectivity index (χ0n) is 30.9. The zero-order valence-corrected chi connectivity index (χ0v) is 30.9. The first-order valence-corrected chi connectivity index (χ1v) is 20.6. The molecule has 268 valence electrons. The van der Waals surface area contributed by atoms with Gasteiger partial charge in [0.25, 0.3) is 0 Å². The van der Waals surface area contributed by atoms with Crippen LogP contribution in [0.5, 0.6) is 0 Å². The third-order valence-electron chi connectivity index (χ3n) is 9.52. The van der Waals surface area contributed by atoms with Gasteiger partial charge in [0.2, 0.25) is 0 Å². The molecule has 0 aliphatic carbocycles. The van der Waals surface area contributed by atoms with Crippen LogP contribution in [-0.4, -0.2) is 35.5 Å². The predicted octanol–water partition coefficient (Wildman–Crippen LogP) is 12.9. The van der Waals surface area contributed by atoms with Crippen LogP contribution < -0.4 is 5.32 Å². The Kier molecular flexibility index (Phi) is 39.0. The summed E-state index contributed by atoms with van der Waals surface area (Å²) in [5, 5.41) is 22.9. The molecule has 3 N–H and O–H groups in total. The molecule has 0 fully saturated rings. The number of aliphatic hydroxyl groups excluding tert-OH is 2. The van der Waals surface area contributed by atoms with Gasteiger partial charge in [0.05, 0.1) is 0 Å². The highest BCUT2D eigenvalue weighted by atomic mass is 16.3. The molecule has 0 amide bonds. The molecular weight excluding hydrogens is 550 g/mol. The number of rotatable bonds is 38. The highest BCUT2D eigenvalue weighted by Crippen LogP contribution is 2.17. The van der Waals surface area contributed by atoms with E-state index in [1.807, 2.05) is 0 Å². The van der Waals surface area contributed by atoms with Crippen LogP contribution in [0, 0.1) is 0 Å². The largest absolute Gasteiger partial charge is 0.396 e. The van der Waals surface area contributed by atoms with Crippen LogP contribution >= 0.6 is 0 Å². The highest BCUT2D eigenvalue weighted by Gasteiger charge is 2.15. The Hall–Kier alpha value is -0.640. The molecule has 0 aliphatic heterocycles. The van der Waals surface area contributed by atoms with Gasteiger partial charge in [-0.2, -0.15) is 0 Å². The number of hydrogen-bond acceptors (Lipinski definition) is 3. The van der Waals surface area contributed by atoms with E-state index in [0.717, 1.165) is 25.7 Å². The second-order valence-corrected chi connectivity index (χ2v) is 14.0. The SMILES string of the molecule is CCCCCCCC/C=C\CCCCCCCC(CCCO)NC(CCCO)CCCCCCC/C=C\CCCCCCCC. The van der Waals surface area contributed by atoms with Gasteiger partial charge in [-0.05, 0) is 89.9 Å². The Bertz CT molecular complexity index is 539. The number of allylic oxidation sites excluding steroid dienone is 4. The van der Waals surface area contributed by atoms with Crippen molar-refractivity contribution in [1.82, 2.24) is 5.32 Å². The Labute approximate surface area is 283 Å². The molecule has 0 rings (SSSR count). The van der Waals surface area contributed by atoms with Crippen LogP contribution in [0.2, 0.25) is 0 Å². The average Bonchev–Trinajstić information content (AvgIpc) is 3.05. The number of unbranched alkanes of at least 4 members (excludes halogenated alkanes) is 22. The van der Waals surface area contributed by atoms with Crippen molar-refractivity contribution in [2.24, 2.45) is 0 Å². The average molecular weight is 634 g/mol. The van der Waals surface area contributed by atoms with Crippen molar-refractivity contribution in [1.29, 1.82) is 0 Å². The topological polar surface area (TPSA) is 52.5 Å². The lowest BCUT2D eigenvalue weighted by molar-refractivity contribution is 0.250. The monoisotopic (exact) mass is 634 g/mol. The molecule has 0 aliphatic rings. The summed E-state index contributed by atoms with van der Waals surface area (Å²) in [7, 11) is 0. The van der Waals surface area contributed by atoms with Gasteiger partial charge < -0.3 is 15.5 Å². The van der Waals surface area contributed by atoms with E-state index < -0.39 is 0 Å². The maximum Gasteiger partial charge on any atom is 0.0431 e. The maximum atomic E-state index is 9.48. The smallest absolute Gasteiger partial charge is 0.0431 e. The highest BCUT2D eigenvalue weighted by molar-refractivity contribution is 4.82. The lowest BCUT2D eigenvalue weighted by Gasteiger charge is -2.26. The van der Waals surface area contributed by atoms with E-state index in [1.165, 1.54) is 180 Å². The van der Waals surface area contributed by atoms with Gasteiger partial charge in [-0.25, -0.2) is 0 Å². The first-order valence-electron chi connectivity index (χ1n) is 20.6. The Morgan fingerprint density at radius 3 is 0.933 bits per heavy atom. The van der Waals surface area contributed by atoms with Gasteiger partial charge in [0.15, 0.2) is 0 Å². The van der Waals surface area contributed by atoms with E-state index in [2.05, 4.69) is 43.5 Å². The number of nitrogens with one attached hydrogen (secondary N) is 1. The van der Waals surface area contributed by atoms with Crippen molar-refractivity contribution in [3.63, 3.8) is 0 Å². The first kappa shape index (κ1) is 44.4. The summed E-state index contributed by atoms with van der Waals surface area (Å²) in [6.07, 6.45) is 51.1. The molecule has 0 heterocycles. The summed E-state index contributed by atoms with van der Waals surface area (Å²) < 4.78 is 0. The molecule has 0 aromatic heterocycles. The third-order valence-corrected chi connectivity index (χ3v) is 9.52. The van der Waals surface area contributed by atoms with Gasteiger partial charge in [0.1, 0.15) is 0 Å².